The average Bonchev–Trinajstić information content (AvgIpc) is 2.63. The van der Waals surface area contributed by atoms with Crippen molar-refractivity contribution in [2.75, 3.05) is 6.61 Å². The first kappa shape index (κ1) is 17.9. The number of benzene rings is 1. The molecule has 0 saturated carbocycles. The smallest absolute Gasteiger partial charge is 0.145 e. The Morgan fingerprint density at radius 2 is 1.88 bits per heavy atom. The fraction of sp³-hybridized carbons (Fsp3) is 0.476. The van der Waals surface area contributed by atoms with E-state index in [1.165, 1.54) is 0 Å². The second kappa shape index (κ2) is 8.45. The lowest BCUT2D eigenvalue weighted by Gasteiger charge is -2.34. The van der Waals surface area contributed by atoms with Gasteiger partial charge in [0.25, 0.3) is 0 Å². The summed E-state index contributed by atoms with van der Waals surface area (Å²) in [4.78, 5) is 4.58. The molecule has 1 aromatic carbocycles. The van der Waals surface area contributed by atoms with Crippen LogP contribution < -0.4 is 10.1 Å². The summed E-state index contributed by atoms with van der Waals surface area (Å²) in [6.07, 6.45) is 4.27. The molecule has 1 aliphatic rings. The molecule has 2 aromatic rings. The lowest BCUT2D eigenvalue weighted by molar-refractivity contribution is -0.0257. The van der Waals surface area contributed by atoms with Crippen molar-refractivity contribution in [3.63, 3.8) is 0 Å². The molecule has 0 amide bonds. The van der Waals surface area contributed by atoms with Gasteiger partial charge in [-0.15, -0.1) is 0 Å². The van der Waals surface area contributed by atoms with E-state index in [4.69, 9.17) is 9.47 Å². The maximum atomic E-state index is 5.86. The van der Waals surface area contributed by atoms with Crippen LogP contribution >= 0.6 is 0 Å². The van der Waals surface area contributed by atoms with Gasteiger partial charge in [0.1, 0.15) is 11.5 Å². The lowest BCUT2D eigenvalue weighted by atomic mass is 9.95. The molecule has 4 heteroatoms. The fourth-order valence-corrected chi connectivity index (χ4v) is 3.22. The monoisotopic (exact) mass is 340 g/mol. The first-order valence-electron chi connectivity index (χ1n) is 9.18. The predicted molar refractivity (Wildman–Crippen MR) is 99.9 cm³/mol. The molecule has 3 rings (SSSR count). The number of hydrogen-bond acceptors (Lipinski definition) is 4. The van der Waals surface area contributed by atoms with Crippen molar-refractivity contribution < 1.29 is 9.47 Å². The molecule has 0 aliphatic carbocycles. The van der Waals surface area contributed by atoms with Gasteiger partial charge >= 0.3 is 0 Å². The number of hydrogen-bond donors (Lipinski definition) is 1. The number of para-hydroxylation sites is 1. The predicted octanol–water partition coefficient (Wildman–Crippen LogP) is 4.73. The van der Waals surface area contributed by atoms with E-state index in [1.54, 1.807) is 6.20 Å². The summed E-state index contributed by atoms with van der Waals surface area (Å²) in [5, 5.41) is 3.71. The molecule has 1 aromatic heterocycles. The van der Waals surface area contributed by atoms with E-state index in [-0.39, 0.29) is 6.04 Å². The van der Waals surface area contributed by atoms with Crippen molar-refractivity contribution in [2.45, 2.75) is 51.8 Å². The van der Waals surface area contributed by atoms with Gasteiger partial charge in [0.15, 0.2) is 0 Å². The Kier molecular flexibility index (Phi) is 6.05. The van der Waals surface area contributed by atoms with Gasteiger partial charge in [0.05, 0.1) is 18.0 Å². The summed E-state index contributed by atoms with van der Waals surface area (Å²) in [6, 6.07) is 14.5. The fourth-order valence-electron chi connectivity index (χ4n) is 3.22. The molecule has 25 heavy (non-hydrogen) atoms. The molecule has 1 saturated heterocycles. The van der Waals surface area contributed by atoms with E-state index in [0.717, 1.165) is 36.6 Å². The van der Waals surface area contributed by atoms with Crippen molar-refractivity contribution in [1.29, 1.82) is 0 Å². The highest BCUT2D eigenvalue weighted by molar-refractivity contribution is 5.30. The van der Waals surface area contributed by atoms with Crippen LogP contribution in [0.4, 0.5) is 0 Å². The van der Waals surface area contributed by atoms with E-state index in [9.17, 15) is 0 Å². The molecule has 4 nitrogen and oxygen atoms in total. The number of nitrogens with zero attached hydrogens (tertiary/aromatic N) is 1. The van der Waals surface area contributed by atoms with Gasteiger partial charge in [-0.1, -0.05) is 32.0 Å². The third-order valence-corrected chi connectivity index (χ3v) is 4.73. The second-order valence-corrected chi connectivity index (χ2v) is 7.10. The number of rotatable bonds is 6. The molecule has 134 valence electrons. The van der Waals surface area contributed by atoms with E-state index in [0.29, 0.717) is 18.1 Å². The van der Waals surface area contributed by atoms with Gasteiger partial charge in [-0.3, -0.25) is 4.98 Å². The highest BCUT2D eigenvalue weighted by Crippen LogP contribution is 2.24. The number of pyridine rings is 1. The van der Waals surface area contributed by atoms with Gasteiger partial charge in [0.2, 0.25) is 0 Å². The SMILES string of the molecule is CC(NC1CCOC(C(C)C)C1)c1ccc(Oc2ccccc2)cn1. The van der Waals surface area contributed by atoms with Crippen molar-refractivity contribution in [3.05, 3.63) is 54.4 Å². The third-order valence-electron chi connectivity index (χ3n) is 4.73. The Balaban J connectivity index is 1.56. The Morgan fingerprint density at radius 1 is 1.08 bits per heavy atom. The van der Waals surface area contributed by atoms with Crippen molar-refractivity contribution in [3.8, 4) is 11.5 Å². The molecule has 0 spiro atoms. The molecule has 1 N–H and O–H groups in total. The van der Waals surface area contributed by atoms with Gasteiger partial charge in [0, 0.05) is 18.7 Å². The van der Waals surface area contributed by atoms with Gasteiger partial charge in [-0.2, -0.15) is 0 Å². The lowest BCUT2D eigenvalue weighted by Crippen LogP contribution is -2.41. The van der Waals surface area contributed by atoms with Crippen LogP contribution in [-0.2, 0) is 4.74 Å². The molecule has 1 aliphatic heterocycles. The van der Waals surface area contributed by atoms with Crippen LogP contribution in [0.3, 0.4) is 0 Å². The minimum atomic E-state index is 0.210. The summed E-state index contributed by atoms with van der Waals surface area (Å²) in [6.45, 7) is 7.46. The largest absolute Gasteiger partial charge is 0.456 e. The molecule has 2 heterocycles. The van der Waals surface area contributed by atoms with Crippen molar-refractivity contribution >= 4 is 0 Å². The van der Waals surface area contributed by atoms with E-state index >= 15 is 0 Å². The summed E-state index contributed by atoms with van der Waals surface area (Å²) in [5.41, 5.74) is 1.04. The number of nitrogens with one attached hydrogen (secondary N) is 1. The standard InChI is InChI=1S/C21H28N2O2/c1-15(2)21-13-17(11-12-24-21)23-16(3)20-10-9-19(14-22-20)25-18-7-5-4-6-8-18/h4-10,14-17,21,23H,11-13H2,1-3H3. The Hall–Kier alpha value is -1.91. The third kappa shape index (κ3) is 5.03. The maximum absolute atomic E-state index is 5.86. The Morgan fingerprint density at radius 3 is 2.56 bits per heavy atom. The zero-order valence-corrected chi connectivity index (χ0v) is 15.3. The van der Waals surface area contributed by atoms with Gasteiger partial charge < -0.3 is 14.8 Å². The van der Waals surface area contributed by atoms with Crippen LogP contribution in [-0.4, -0.2) is 23.7 Å². The van der Waals surface area contributed by atoms with Crippen molar-refractivity contribution in [1.82, 2.24) is 10.3 Å². The highest BCUT2D eigenvalue weighted by atomic mass is 16.5. The second-order valence-electron chi connectivity index (χ2n) is 7.10. The van der Waals surface area contributed by atoms with E-state index < -0.39 is 0 Å². The first-order valence-corrected chi connectivity index (χ1v) is 9.18. The topological polar surface area (TPSA) is 43.4 Å². The Labute approximate surface area is 150 Å². The van der Waals surface area contributed by atoms with Crippen LogP contribution in [0.1, 0.15) is 45.3 Å². The van der Waals surface area contributed by atoms with Crippen LogP contribution in [0.2, 0.25) is 0 Å². The number of ether oxygens (including phenoxy) is 2. The molecule has 1 fully saturated rings. The van der Waals surface area contributed by atoms with Crippen LogP contribution in [0.5, 0.6) is 11.5 Å². The number of aromatic nitrogens is 1. The first-order chi connectivity index (χ1) is 12.1. The summed E-state index contributed by atoms with van der Waals surface area (Å²) in [5.74, 6) is 2.14. The molecule has 0 bridgehead atoms. The zero-order valence-electron chi connectivity index (χ0n) is 15.3. The summed E-state index contributed by atoms with van der Waals surface area (Å²) < 4.78 is 11.7. The quantitative estimate of drug-likeness (QED) is 0.826. The minimum absolute atomic E-state index is 0.210. The van der Waals surface area contributed by atoms with E-state index in [2.05, 4.69) is 31.1 Å². The minimum Gasteiger partial charge on any atom is -0.456 e. The summed E-state index contributed by atoms with van der Waals surface area (Å²) >= 11 is 0. The van der Waals surface area contributed by atoms with Crippen LogP contribution in [0.25, 0.3) is 0 Å². The maximum Gasteiger partial charge on any atom is 0.145 e. The van der Waals surface area contributed by atoms with Crippen LogP contribution in [0.15, 0.2) is 48.7 Å². The molecule has 0 radical (unpaired) electrons. The normalized spacial score (nSPS) is 21.9. The van der Waals surface area contributed by atoms with E-state index in [1.807, 2.05) is 42.5 Å². The molecule has 3 atom stereocenters. The molecule has 3 unspecified atom stereocenters. The molecular formula is C21H28N2O2. The average molecular weight is 340 g/mol. The van der Waals surface area contributed by atoms with Crippen molar-refractivity contribution in [2.24, 2.45) is 5.92 Å². The van der Waals surface area contributed by atoms with Gasteiger partial charge in [-0.25, -0.2) is 0 Å². The van der Waals surface area contributed by atoms with Gasteiger partial charge in [-0.05, 0) is 49.9 Å². The Bertz CT molecular complexity index is 643. The van der Waals surface area contributed by atoms with Crippen LogP contribution in [0, 0.1) is 5.92 Å². The molecular weight excluding hydrogens is 312 g/mol. The summed E-state index contributed by atoms with van der Waals surface area (Å²) in [7, 11) is 0. The zero-order chi connectivity index (χ0) is 17.6. The highest BCUT2D eigenvalue weighted by Gasteiger charge is 2.26.